The Morgan fingerprint density at radius 2 is 1.95 bits per heavy atom. The van der Waals surface area contributed by atoms with Crippen molar-refractivity contribution < 1.29 is 9.32 Å². The first-order valence-corrected chi connectivity index (χ1v) is 7.64. The van der Waals surface area contributed by atoms with Crippen molar-refractivity contribution in [2.75, 3.05) is 0 Å². The SMILES string of the molecule is CC(C)CC(=O)NC(C)c1nc(-c2ccc(Br)cc2)no1. The Hall–Kier alpha value is -1.69. The third-order valence-corrected chi connectivity index (χ3v) is 3.41. The van der Waals surface area contributed by atoms with Crippen LogP contribution >= 0.6 is 15.9 Å². The number of rotatable bonds is 5. The third-order valence-electron chi connectivity index (χ3n) is 2.89. The van der Waals surface area contributed by atoms with Crippen LogP contribution in [0.25, 0.3) is 11.4 Å². The van der Waals surface area contributed by atoms with Crippen molar-refractivity contribution in [2.24, 2.45) is 5.92 Å². The number of carbonyl (C=O) groups excluding carboxylic acids is 1. The highest BCUT2D eigenvalue weighted by molar-refractivity contribution is 9.10. The first-order chi connectivity index (χ1) is 9.95. The first-order valence-electron chi connectivity index (χ1n) is 6.84. The molecule has 0 saturated carbocycles. The van der Waals surface area contributed by atoms with Crippen LogP contribution in [0, 0.1) is 5.92 Å². The molecule has 5 nitrogen and oxygen atoms in total. The van der Waals surface area contributed by atoms with Crippen LogP contribution in [0.3, 0.4) is 0 Å². The largest absolute Gasteiger partial charge is 0.345 e. The number of aromatic nitrogens is 2. The van der Waals surface area contributed by atoms with Gasteiger partial charge >= 0.3 is 0 Å². The highest BCUT2D eigenvalue weighted by Gasteiger charge is 2.17. The monoisotopic (exact) mass is 351 g/mol. The van der Waals surface area contributed by atoms with Gasteiger partial charge in [-0.2, -0.15) is 4.98 Å². The summed E-state index contributed by atoms with van der Waals surface area (Å²) in [5.74, 6) is 1.23. The number of halogens is 1. The summed E-state index contributed by atoms with van der Waals surface area (Å²) in [6.45, 7) is 5.84. The minimum atomic E-state index is -0.298. The molecule has 112 valence electrons. The number of carbonyl (C=O) groups is 1. The Morgan fingerprint density at radius 1 is 1.29 bits per heavy atom. The van der Waals surface area contributed by atoms with Crippen molar-refractivity contribution >= 4 is 21.8 Å². The first kappa shape index (κ1) is 15.7. The molecular formula is C15H18BrN3O2. The summed E-state index contributed by atoms with van der Waals surface area (Å²) in [6, 6.07) is 7.34. The van der Waals surface area contributed by atoms with Gasteiger partial charge in [-0.3, -0.25) is 4.79 Å². The number of hydrogen-bond acceptors (Lipinski definition) is 4. The van der Waals surface area contributed by atoms with Gasteiger partial charge in [-0.1, -0.05) is 34.9 Å². The Morgan fingerprint density at radius 3 is 2.57 bits per heavy atom. The van der Waals surface area contributed by atoms with Crippen LogP contribution in [0.4, 0.5) is 0 Å². The molecule has 2 aromatic rings. The molecule has 1 aromatic carbocycles. The molecular weight excluding hydrogens is 334 g/mol. The summed E-state index contributed by atoms with van der Waals surface area (Å²) >= 11 is 3.38. The Balaban J connectivity index is 2.05. The van der Waals surface area contributed by atoms with Crippen LogP contribution in [-0.4, -0.2) is 16.0 Å². The second kappa shape index (κ2) is 6.85. The Kier molecular flexibility index (Phi) is 5.12. The Bertz CT molecular complexity index is 608. The molecule has 0 radical (unpaired) electrons. The molecule has 0 aliphatic carbocycles. The molecule has 1 heterocycles. The zero-order valence-corrected chi connectivity index (χ0v) is 13.8. The Labute approximate surface area is 132 Å². The van der Waals surface area contributed by atoms with Gasteiger partial charge in [0.15, 0.2) is 0 Å². The van der Waals surface area contributed by atoms with Crippen molar-refractivity contribution in [3.8, 4) is 11.4 Å². The van der Waals surface area contributed by atoms with E-state index >= 15 is 0 Å². The number of nitrogens with one attached hydrogen (secondary N) is 1. The number of hydrogen-bond donors (Lipinski definition) is 1. The van der Waals surface area contributed by atoms with E-state index in [1.54, 1.807) is 0 Å². The third kappa shape index (κ3) is 4.39. The van der Waals surface area contributed by atoms with Gasteiger partial charge in [0.25, 0.3) is 0 Å². The molecule has 0 fully saturated rings. The van der Waals surface area contributed by atoms with Crippen molar-refractivity contribution in [3.63, 3.8) is 0 Å². The second-order valence-corrected chi connectivity index (χ2v) is 6.27. The van der Waals surface area contributed by atoms with Gasteiger partial charge in [0.2, 0.25) is 17.6 Å². The second-order valence-electron chi connectivity index (χ2n) is 5.35. The molecule has 0 bridgehead atoms. The molecule has 6 heteroatoms. The van der Waals surface area contributed by atoms with E-state index in [0.717, 1.165) is 10.0 Å². The summed E-state index contributed by atoms with van der Waals surface area (Å²) < 4.78 is 6.22. The maximum Gasteiger partial charge on any atom is 0.249 e. The van der Waals surface area contributed by atoms with Gasteiger partial charge in [0, 0.05) is 16.5 Å². The predicted molar refractivity (Wildman–Crippen MR) is 83.4 cm³/mol. The lowest BCUT2D eigenvalue weighted by Gasteiger charge is -2.10. The van der Waals surface area contributed by atoms with Crippen LogP contribution in [0.15, 0.2) is 33.3 Å². The lowest BCUT2D eigenvalue weighted by Crippen LogP contribution is -2.27. The normalized spacial score (nSPS) is 12.4. The minimum Gasteiger partial charge on any atom is -0.345 e. The molecule has 21 heavy (non-hydrogen) atoms. The summed E-state index contributed by atoms with van der Waals surface area (Å²) in [5.41, 5.74) is 0.869. The van der Waals surface area contributed by atoms with Crippen molar-refractivity contribution in [1.29, 1.82) is 0 Å². The molecule has 1 amide bonds. The van der Waals surface area contributed by atoms with Gasteiger partial charge in [-0.05, 0) is 37.1 Å². The zero-order chi connectivity index (χ0) is 15.4. The van der Waals surface area contributed by atoms with Crippen LogP contribution < -0.4 is 5.32 Å². The quantitative estimate of drug-likeness (QED) is 0.891. The molecule has 1 unspecified atom stereocenters. The highest BCUT2D eigenvalue weighted by atomic mass is 79.9. The average Bonchev–Trinajstić information content (AvgIpc) is 2.88. The van der Waals surface area contributed by atoms with E-state index < -0.39 is 0 Å². The summed E-state index contributed by atoms with van der Waals surface area (Å²) in [4.78, 5) is 16.1. The van der Waals surface area contributed by atoms with Crippen molar-refractivity contribution in [1.82, 2.24) is 15.5 Å². The molecule has 1 aromatic heterocycles. The van der Waals surface area contributed by atoms with Crippen molar-refractivity contribution in [3.05, 3.63) is 34.6 Å². The summed E-state index contributed by atoms with van der Waals surface area (Å²) in [6.07, 6.45) is 0.484. The van der Waals surface area contributed by atoms with Crippen LogP contribution in [0.2, 0.25) is 0 Å². The van der Waals surface area contributed by atoms with E-state index in [9.17, 15) is 4.79 Å². The summed E-state index contributed by atoms with van der Waals surface area (Å²) in [7, 11) is 0. The van der Waals surface area contributed by atoms with Crippen LogP contribution in [0.1, 0.15) is 39.1 Å². The lowest BCUT2D eigenvalue weighted by molar-refractivity contribution is -0.122. The maximum atomic E-state index is 11.7. The van der Waals surface area contributed by atoms with Crippen LogP contribution in [0.5, 0.6) is 0 Å². The molecule has 0 spiro atoms. The molecule has 0 saturated heterocycles. The fourth-order valence-electron chi connectivity index (χ4n) is 1.86. The van der Waals surface area contributed by atoms with Gasteiger partial charge in [-0.15, -0.1) is 0 Å². The number of benzene rings is 1. The van der Waals surface area contributed by atoms with E-state index in [4.69, 9.17) is 4.52 Å². The molecule has 2 rings (SSSR count). The molecule has 1 N–H and O–H groups in total. The molecule has 0 aliphatic heterocycles. The average molecular weight is 352 g/mol. The van der Waals surface area contributed by atoms with E-state index in [2.05, 4.69) is 31.4 Å². The fraction of sp³-hybridized carbons (Fsp3) is 0.400. The number of amides is 1. The molecule has 1 atom stereocenters. The number of nitrogens with zero attached hydrogens (tertiary/aromatic N) is 2. The molecule has 0 aliphatic rings. The van der Waals surface area contributed by atoms with Gasteiger partial charge < -0.3 is 9.84 Å². The zero-order valence-electron chi connectivity index (χ0n) is 12.3. The standard InChI is InChI=1S/C15H18BrN3O2/c1-9(2)8-13(20)17-10(3)15-18-14(19-21-15)11-4-6-12(16)7-5-11/h4-7,9-10H,8H2,1-3H3,(H,17,20). The van der Waals surface area contributed by atoms with Crippen LogP contribution in [-0.2, 0) is 4.79 Å². The highest BCUT2D eigenvalue weighted by Crippen LogP contribution is 2.21. The van der Waals surface area contributed by atoms with E-state index in [1.807, 2.05) is 45.0 Å². The van der Waals surface area contributed by atoms with Gasteiger partial charge in [0.05, 0.1) is 0 Å². The van der Waals surface area contributed by atoms with Gasteiger partial charge in [-0.25, -0.2) is 0 Å². The van der Waals surface area contributed by atoms with E-state index in [1.165, 1.54) is 0 Å². The predicted octanol–water partition coefficient (Wildman–Crippen LogP) is 3.72. The smallest absolute Gasteiger partial charge is 0.249 e. The van der Waals surface area contributed by atoms with Gasteiger partial charge in [0.1, 0.15) is 6.04 Å². The van der Waals surface area contributed by atoms with Crippen molar-refractivity contribution in [2.45, 2.75) is 33.2 Å². The fourth-order valence-corrected chi connectivity index (χ4v) is 2.12. The lowest BCUT2D eigenvalue weighted by atomic mass is 10.1. The summed E-state index contributed by atoms with van der Waals surface area (Å²) in [5, 5.41) is 6.81. The topological polar surface area (TPSA) is 68.0 Å². The van der Waals surface area contributed by atoms with E-state index in [-0.39, 0.29) is 11.9 Å². The maximum absolute atomic E-state index is 11.7. The van der Waals surface area contributed by atoms with E-state index in [0.29, 0.717) is 24.1 Å². The minimum absolute atomic E-state index is 0.0131.